The molecule has 36 heavy (non-hydrogen) atoms. The van der Waals surface area contributed by atoms with Gasteiger partial charge in [0.05, 0.1) is 23.2 Å². The zero-order valence-electron chi connectivity index (χ0n) is 20.7. The van der Waals surface area contributed by atoms with Crippen molar-refractivity contribution in [3.8, 4) is 0 Å². The molecule has 3 heterocycles. The van der Waals surface area contributed by atoms with Crippen LogP contribution in [0.3, 0.4) is 0 Å². The van der Waals surface area contributed by atoms with E-state index in [1.165, 1.54) is 0 Å². The molecule has 8 heteroatoms. The van der Waals surface area contributed by atoms with E-state index >= 15 is 0 Å². The molecule has 2 aromatic carbocycles. The molecular weight excluding hydrogens is 476 g/mol. The molecule has 2 bridgehead atoms. The van der Waals surface area contributed by atoms with Crippen LogP contribution in [0.15, 0.2) is 42.5 Å². The molecule has 0 aliphatic carbocycles. The van der Waals surface area contributed by atoms with Gasteiger partial charge >= 0.3 is 5.97 Å². The minimum Gasteiger partial charge on any atom is -0.466 e. The number of rotatable bonds is 10. The Labute approximate surface area is 215 Å². The third-order valence-electron chi connectivity index (χ3n) is 7.93. The standard InChI is InChI=1S/C28H34N2O5S/c1-2-35-27(34)22-21-13-14-28(36-21)23(22)26(33)30(15-7-3-4-8-16-31)24(28)25(32)29-20-12-11-18-9-5-6-10-19(18)17-20/h5-6,9-12,17,21-24,31H,2-4,7-8,13-16H2,1H3,(H,29,32)/t21-,22+,23-,24?,28?/m0/s1. The number of aliphatic hydroxyl groups is 1. The minimum atomic E-state index is -0.631. The largest absolute Gasteiger partial charge is 0.466 e. The molecule has 0 aromatic heterocycles. The first-order chi connectivity index (χ1) is 17.5. The van der Waals surface area contributed by atoms with Gasteiger partial charge in [-0.2, -0.15) is 0 Å². The van der Waals surface area contributed by atoms with Crippen LogP contribution in [0.2, 0.25) is 0 Å². The number of carbonyl (C=O) groups excluding carboxylic acids is 3. The zero-order chi connectivity index (χ0) is 25.3. The molecule has 1 spiro atoms. The highest BCUT2D eigenvalue weighted by molar-refractivity contribution is 8.02. The minimum absolute atomic E-state index is 0.0145. The molecule has 192 valence electrons. The summed E-state index contributed by atoms with van der Waals surface area (Å²) in [6.45, 7) is 2.69. The first-order valence-electron chi connectivity index (χ1n) is 13.1. The van der Waals surface area contributed by atoms with Gasteiger partial charge in [0.15, 0.2) is 0 Å². The number of hydrogen-bond donors (Lipinski definition) is 2. The first kappa shape index (κ1) is 25.1. The van der Waals surface area contributed by atoms with Crippen molar-refractivity contribution in [2.45, 2.75) is 61.5 Å². The van der Waals surface area contributed by atoms with Crippen LogP contribution in [0.25, 0.3) is 10.8 Å². The summed E-state index contributed by atoms with van der Waals surface area (Å²) in [5.74, 6) is -1.61. The number of esters is 1. The van der Waals surface area contributed by atoms with E-state index in [0.717, 1.165) is 49.3 Å². The molecular formula is C28H34N2O5S. The number of unbranched alkanes of at least 4 members (excludes halogenated alkanes) is 3. The van der Waals surface area contributed by atoms with Gasteiger partial charge < -0.3 is 20.1 Å². The highest BCUT2D eigenvalue weighted by Gasteiger charge is 2.73. The summed E-state index contributed by atoms with van der Waals surface area (Å²) < 4.78 is 4.77. The summed E-state index contributed by atoms with van der Waals surface area (Å²) in [6.07, 6.45) is 4.79. The van der Waals surface area contributed by atoms with Crippen molar-refractivity contribution in [3.63, 3.8) is 0 Å². The maximum absolute atomic E-state index is 13.9. The first-order valence-corrected chi connectivity index (χ1v) is 13.9. The quantitative estimate of drug-likeness (QED) is 0.371. The fourth-order valence-corrected chi connectivity index (χ4v) is 8.63. The Bertz CT molecular complexity index is 1160. The van der Waals surface area contributed by atoms with Crippen molar-refractivity contribution < 1.29 is 24.2 Å². The summed E-state index contributed by atoms with van der Waals surface area (Å²) in [6, 6.07) is 13.2. The van der Waals surface area contributed by atoms with Crippen LogP contribution in [-0.4, -0.2) is 63.6 Å². The summed E-state index contributed by atoms with van der Waals surface area (Å²) in [4.78, 5) is 42.4. The van der Waals surface area contributed by atoms with E-state index in [9.17, 15) is 14.4 Å². The van der Waals surface area contributed by atoms with Crippen LogP contribution >= 0.6 is 11.8 Å². The topological polar surface area (TPSA) is 95.9 Å². The van der Waals surface area contributed by atoms with E-state index in [-0.39, 0.29) is 36.2 Å². The molecule has 5 atom stereocenters. The van der Waals surface area contributed by atoms with Gasteiger partial charge in [-0.3, -0.25) is 14.4 Å². The number of fused-ring (bicyclic) bond motifs is 2. The number of nitrogens with one attached hydrogen (secondary N) is 1. The number of carbonyl (C=O) groups is 3. The lowest BCUT2D eigenvalue weighted by molar-refractivity contribution is -0.153. The van der Waals surface area contributed by atoms with E-state index < -0.39 is 22.6 Å². The number of nitrogens with zero attached hydrogens (tertiary/aromatic N) is 1. The zero-order valence-corrected chi connectivity index (χ0v) is 21.5. The monoisotopic (exact) mass is 510 g/mol. The number of ether oxygens (including phenoxy) is 1. The van der Waals surface area contributed by atoms with E-state index in [1.807, 2.05) is 42.5 Å². The van der Waals surface area contributed by atoms with Crippen molar-refractivity contribution in [3.05, 3.63) is 42.5 Å². The van der Waals surface area contributed by atoms with Gasteiger partial charge in [-0.05, 0) is 55.5 Å². The summed E-state index contributed by atoms with van der Waals surface area (Å²) in [5, 5.41) is 14.3. The van der Waals surface area contributed by atoms with Gasteiger partial charge in [0.25, 0.3) is 0 Å². The Kier molecular flexibility index (Phi) is 7.26. The number of anilines is 1. The Balaban J connectivity index is 1.43. The van der Waals surface area contributed by atoms with E-state index in [1.54, 1.807) is 23.6 Å². The van der Waals surface area contributed by atoms with Crippen molar-refractivity contribution >= 4 is 46.0 Å². The van der Waals surface area contributed by atoms with Gasteiger partial charge in [-0.1, -0.05) is 43.2 Å². The van der Waals surface area contributed by atoms with Crippen molar-refractivity contribution in [2.24, 2.45) is 11.8 Å². The highest BCUT2D eigenvalue weighted by Crippen LogP contribution is 2.66. The molecule has 3 saturated heterocycles. The number of benzene rings is 2. The van der Waals surface area contributed by atoms with Gasteiger partial charge in [0, 0.05) is 24.1 Å². The second-order valence-corrected chi connectivity index (χ2v) is 11.6. The molecule has 2 amide bonds. The SMILES string of the molecule is CCOC(=O)[C@@H]1[C@@H]2CCC3(S2)C(C(=O)Nc2ccc4ccccc4c2)N(CCCCCCO)C(=O)[C@H]13. The predicted octanol–water partition coefficient (Wildman–Crippen LogP) is 3.99. The Morgan fingerprint density at radius 2 is 1.92 bits per heavy atom. The lowest BCUT2D eigenvalue weighted by Crippen LogP contribution is -2.51. The third kappa shape index (κ3) is 4.28. The van der Waals surface area contributed by atoms with Gasteiger partial charge in [-0.15, -0.1) is 11.8 Å². The molecule has 7 nitrogen and oxygen atoms in total. The number of aliphatic hydroxyl groups excluding tert-OH is 1. The number of likely N-dealkylation sites (tertiary alicyclic amines) is 1. The second kappa shape index (κ2) is 10.4. The van der Waals surface area contributed by atoms with Crippen molar-refractivity contribution in [2.75, 3.05) is 25.1 Å². The normalized spacial score (nSPS) is 28.5. The van der Waals surface area contributed by atoms with Crippen LogP contribution in [0.4, 0.5) is 5.69 Å². The smallest absolute Gasteiger partial charge is 0.310 e. The average molecular weight is 511 g/mol. The third-order valence-corrected chi connectivity index (χ3v) is 9.88. The lowest BCUT2D eigenvalue weighted by Gasteiger charge is -2.34. The van der Waals surface area contributed by atoms with Crippen LogP contribution in [0, 0.1) is 11.8 Å². The van der Waals surface area contributed by atoms with Gasteiger partial charge in [0.1, 0.15) is 6.04 Å². The molecule has 2 N–H and O–H groups in total. The number of amides is 2. The van der Waals surface area contributed by atoms with Crippen LogP contribution in [-0.2, 0) is 19.1 Å². The van der Waals surface area contributed by atoms with Crippen LogP contribution in [0.5, 0.6) is 0 Å². The second-order valence-electron chi connectivity index (χ2n) is 10.0. The molecule has 3 aliphatic rings. The van der Waals surface area contributed by atoms with Gasteiger partial charge in [0.2, 0.25) is 11.8 Å². The fraction of sp³-hybridized carbons (Fsp3) is 0.536. The number of hydrogen-bond acceptors (Lipinski definition) is 6. The maximum Gasteiger partial charge on any atom is 0.310 e. The summed E-state index contributed by atoms with van der Waals surface area (Å²) >= 11 is 1.66. The predicted molar refractivity (Wildman–Crippen MR) is 141 cm³/mol. The summed E-state index contributed by atoms with van der Waals surface area (Å²) in [5.41, 5.74) is 0.702. The van der Waals surface area contributed by atoms with Crippen LogP contribution < -0.4 is 5.32 Å². The molecule has 0 saturated carbocycles. The van der Waals surface area contributed by atoms with Gasteiger partial charge in [-0.25, -0.2) is 0 Å². The fourth-order valence-electron chi connectivity index (χ4n) is 6.43. The van der Waals surface area contributed by atoms with E-state index in [4.69, 9.17) is 9.84 Å². The molecule has 3 aliphatic heterocycles. The molecule has 2 aromatic rings. The van der Waals surface area contributed by atoms with E-state index in [0.29, 0.717) is 12.2 Å². The molecule has 3 fully saturated rings. The lowest BCUT2D eigenvalue weighted by atomic mass is 9.71. The Morgan fingerprint density at radius 1 is 1.14 bits per heavy atom. The number of thioether (sulfide) groups is 1. The molecule has 0 radical (unpaired) electrons. The highest BCUT2D eigenvalue weighted by atomic mass is 32.2. The molecule has 5 rings (SSSR count). The average Bonchev–Trinajstić information content (AvgIpc) is 3.51. The maximum atomic E-state index is 13.9. The molecule has 2 unspecified atom stereocenters. The van der Waals surface area contributed by atoms with Crippen LogP contribution in [0.1, 0.15) is 45.4 Å². The summed E-state index contributed by atoms with van der Waals surface area (Å²) in [7, 11) is 0. The van der Waals surface area contributed by atoms with E-state index in [2.05, 4.69) is 5.32 Å². The Morgan fingerprint density at radius 3 is 2.69 bits per heavy atom. The Hall–Kier alpha value is -2.58. The van der Waals surface area contributed by atoms with Crippen molar-refractivity contribution in [1.29, 1.82) is 0 Å². The van der Waals surface area contributed by atoms with Crippen molar-refractivity contribution in [1.82, 2.24) is 4.90 Å².